The van der Waals surface area contributed by atoms with Gasteiger partial charge in [0.05, 0.1) is 18.1 Å². The number of piperazine rings is 1. The Labute approximate surface area is 212 Å². The van der Waals surface area contributed by atoms with Crippen molar-refractivity contribution >= 4 is 28.4 Å². The molecule has 1 saturated heterocycles. The SMILES string of the molecule is COc1ccc(CN2CC(=O)N3[C@@H](c4cccc([N+](=O)[O-])c4)c4[nH]c5ccccc5c4C[C@H]3C2=O)cc1. The van der Waals surface area contributed by atoms with E-state index in [1.165, 1.54) is 12.1 Å². The van der Waals surface area contributed by atoms with Gasteiger partial charge in [0.25, 0.3) is 5.69 Å². The van der Waals surface area contributed by atoms with Crippen molar-refractivity contribution in [1.29, 1.82) is 0 Å². The molecule has 3 heterocycles. The van der Waals surface area contributed by atoms with E-state index >= 15 is 0 Å². The number of carbonyl (C=O) groups is 2. The highest BCUT2D eigenvalue weighted by Crippen LogP contribution is 2.43. The number of hydrogen-bond donors (Lipinski definition) is 1. The summed E-state index contributed by atoms with van der Waals surface area (Å²) in [7, 11) is 1.59. The van der Waals surface area contributed by atoms with Crippen LogP contribution < -0.4 is 4.74 Å². The molecule has 0 saturated carbocycles. The van der Waals surface area contributed by atoms with Gasteiger partial charge in [0.2, 0.25) is 11.8 Å². The second kappa shape index (κ2) is 8.77. The first-order valence-electron chi connectivity index (χ1n) is 12.0. The number of aromatic amines is 1. The molecule has 9 heteroatoms. The van der Waals surface area contributed by atoms with E-state index in [-0.39, 0.29) is 24.0 Å². The number of methoxy groups -OCH3 is 1. The molecule has 186 valence electrons. The summed E-state index contributed by atoms with van der Waals surface area (Å²) in [4.78, 5) is 45.2. The van der Waals surface area contributed by atoms with Gasteiger partial charge in [-0.1, -0.05) is 42.5 Å². The number of benzene rings is 3. The van der Waals surface area contributed by atoms with E-state index < -0.39 is 17.0 Å². The molecule has 3 aromatic carbocycles. The maximum atomic E-state index is 13.8. The van der Waals surface area contributed by atoms with E-state index in [9.17, 15) is 19.7 Å². The van der Waals surface area contributed by atoms with Crippen molar-refractivity contribution in [3.8, 4) is 5.75 Å². The third kappa shape index (κ3) is 3.79. The van der Waals surface area contributed by atoms with Crippen molar-refractivity contribution in [3.05, 3.63) is 105 Å². The Morgan fingerprint density at radius 3 is 2.59 bits per heavy atom. The number of rotatable bonds is 5. The van der Waals surface area contributed by atoms with Crippen LogP contribution in [-0.2, 0) is 22.6 Å². The monoisotopic (exact) mass is 496 g/mol. The molecule has 9 nitrogen and oxygen atoms in total. The van der Waals surface area contributed by atoms with Gasteiger partial charge in [-0.2, -0.15) is 0 Å². The topological polar surface area (TPSA) is 109 Å². The predicted molar refractivity (Wildman–Crippen MR) is 136 cm³/mol. The molecule has 4 aromatic rings. The first-order chi connectivity index (χ1) is 17.9. The summed E-state index contributed by atoms with van der Waals surface area (Å²) >= 11 is 0. The molecular formula is C28H24N4O5. The van der Waals surface area contributed by atoms with Crippen LogP contribution in [0.2, 0.25) is 0 Å². The molecule has 2 amide bonds. The standard InChI is InChI=1S/C28H24N4O5/c1-37-20-11-9-17(10-12-20)15-30-16-25(33)31-24(28(30)34)14-22-21-7-2-3-8-23(21)29-26(22)27(31)18-5-4-6-19(13-18)32(35)36/h2-13,24,27,29H,14-16H2,1H3/t24-,27-/m0/s1. The number of nitro groups is 1. The van der Waals surface area contributed by atoms with Crippen molar-refractivity contribution in [3.63, 3.8) is 0 Å². The lowest BCUT2D eigenvalue weighted by atomic mass is 9.86. The number of carbonyl (C=O) groups excluding carboxylic acids is 2. The van der Waals surface area contributed by atoms with Crippen LogP contribution in [0, 0.1) is 10.1 Å². The van der Waals surface area contributed by atoms with Crippen molar-refractivity contribution < 1.29 is 19.2 Å². The minimum absolute atomic E-state index is 0.0609. The molecule has 2 atom stereocenters. The fourth-order valence-electron chi connectivity index (χ4n) is 5.56. The number of aromatic nitrogens is 1. The summed E-state index contributed by atoms with van der Waals surface area (Å²) < 4.78 is 5.22. The summed E-state index contributed by atoms with van der Waals surface area (Å²) in [6, 6.07) is 20.2. The normalized spacial score (nSPS) is 19.1. The van der Waals surface area contributed by atoms with E-state index in [0.29, 0.717) is 18.5 Å². The van der Waals surface area contributed by atoms with Crippen molar-refractivity contribution in [2.45, 2.75) is 25.0 Å². The molecule has 0 aliphatic carbocycles. The van der Waals surface area contributed by atoms with Gasteiger partial charge in [-0.15, -0.1) is 0 Å². The van der Waals surface area contributed by atoms with Gasteiger partial charge in [0.15, 0.2) is 0 Å². The number of nitrogens with zero attached hydrogens (tertiary/aromatic N) is 3. The van der Waals surface area contributed by atoms with Crippen molar-refractivity contribution in [1.82, 2.24) is 14.8 Å². The lowest BCUT2D eigenvalue weighted by molar-refractivity contribution is -0.384. The fourth-order valence-corrected chi connectivity index (χ4v) is 5.56. The van der Waals surface area contributed by atoms with Crippen LogP contribution >= 0.6 is 0 Å². The summed E-state index contributed by atoms with van der Waals surface area (Å²) in [5, 5.41) is 12.5. The molecule has 0 unspecified atom stereocenters. The Morgan fingerprint density at radius 1 is 1.05 bits per heavy atom. The number of ether oxygens (including phenoxy) is 1. The van der Waals surface area contributed by atoms with Gasteiger partial charge in [0, 0.05) is 41.7 Å². The van der Waals surface area contributed by atoms with Gasteiger partial charge in [-0.25, -0.2) is 0 Å². The zero-order valence-electron chi connectivity index (χ0n) is 20.1. The summed E-state index contributed by atoms with van der Waals surface area (Å²) in [5.74, 6) is 0.385. The Hall–Kier alpha value is -4.66. The number of hydrogen-bond acceptors (Lipinski definition) is 5. The van der Waals surface area contributed by atoms with Gasteiger partial charge in [0.1, 0.15) is 18.3 Å². The fraction of sp³-hybridized carbons (Fsp3) is 0.214. The third-order valence-electron chi connectivity index (χ3n) is 7.27. The van der Waals surface area contributed by atoms with Gasteiger partial charge in [-0.05, 0) is 34.9 Å². The zero-order chi connectivity index (χ0) is 25.7. The average molecular weight is 497 g/mol. The highest BCUT2D eigenvalue weighted by atomic mass is 16.6. The average Bonchev–Trinajstić information content (AvgIpc) is 3.29. The molecule has 6 rings (SSSR count). The molecule has 0 radical (unpaired) electrons. The van der Waals surface area contributed by atoms with Crippen molar-refractivity contribution in [2.24, 2.45) is 0 Å². The molecule has 1 fully saturated rings. The molecule has 0 spiro atoms. The molecule has 37 heavy (non-hydrogen) atoms. The van der Waals surface area contributed by atoms with Gasteiger partial charge >= 0.3 is 0 Å². The maximum absolute atomic E-state index is 13.8. The number of fused-ring (bicyclic) bond motifs is 4. The molecule has 2 aliphatic heterocycles. The third-order valence-corrected chi connectivity index (χ3v) is 7.27. The predicted octanol–water partition coefficient (Wildman–Crippen LogP) is 3.97. The summed E-state index contributed by atoms with van der Waals surface area (Å²) in [6.45, 7) is 0.240. The largest absolute Gasteiger partial charge is 0.497 e. The van der Waals surface area contributed by atoms with Crippen LogP contribution in [0.4, 0.5) is 5.69 Å². The second-order valence-electron chi connectivity index (χ2n) is 9.38. The van der Waals surface area contributed by atoms with E-state index in [1.54, 1.807) is 29.0 Å². The lowest BCUT2D eigenvalue weighted by Gasteiger charge is -2.47. The van der Waals surface area contributed by atoms with Crippen LogP contribution in [0.5, 0.6) is 5.75 Å². The zero-order valence-corrected chi connectivity index (χ0v) is 20.1. The van der Waals surface area contributed by atoms with Crippen LogP contribution in [0.1, 0.15) is 28.4 Å². The smallest absolute Gasteiger partial charge is 0.269 e. The first-order valence-corrected chi connectivity index (χ1v) is 12.0. The molecule has 1 N–H and O–H groups in total. The van der Waals surface area contributed by atoms with E-state index in [1.807, 2.05) is 48.5 Å². The minimum atomic E-state index is -0.713. The van der Waals surface area contributed by atoms with E-state index in [2.05, 4.69) is 4.98 Å². The Kier molecular flexibility index (Phi) is 5.40. The number of nitrogens with one attached hydrogen (secondary N) is 1. The second-order valence-corrected chi connectivity index (χ2v) is 9.38. The Balaban J connectivity index is 1.43. The molecule has 2 aliphatic rings. The van der Waals surface area contributed by atoms with Gasteiger partial charge in [-0.3, -0.25) is 19.7 Å². The number of para-hydroxylation sites is 1. The highest BCUT2D eigenvalue weighted by Gasteiger charge is 2.48. The van der Waals surface area contributed by atoms with Crippen molar-refractivity contribution in [2.75, 3.05) is 13.7 Å². The van der Waals surface area contributed by atoms with Gasteiger partial charge < -0.3 is 19.5 Å². The van der Waals surface area contributed by atoms with Crippen LogP contribution in [0.25, 0.3) is 10.9 Å². The van der Waals surface area contributed by atoms with Crippen LogP contribution in [0.3, 0.4) is 0 Å². The number of nitro benzene ring substituents is 1. The number of non-ortho nitro benzene ring substituents is 1. The maximum Gasteiger partial charge on any atom is 0.269 e. The molecular weight excluding hydrogens is 472 g/mol. The number of H-pyrrole nitrogens is 1. The van der Waals surface area contributed by atoms with E-state index in [4.69, 9.17) is 4.74 Å². The highest BCUT2D eigenvalue weighted by molar-refractivity contribution is 5.97. The first kappa shape index (κ1) is 22.8. The lowest BCUT2D eigenvalue weighted by Crippen LogP contribution is -2.62. The summed E-state index contributed by atoms with van der Waals surface area (Å²) in [6.07, 6.45) is 0.370. The molecule has 1 aromatic heterocycles. The summed E-state index contributed by atoms with van der Waals surface area (Å²) in [5.41, 5.74) is 4.08. The van der Waals surface area contributed by atoms with Crippen LogP contribution in [0.15, 0.2) is 72.8 Å². The van der Waals surface area contributed by atoms with Crippen LogP contribution in [-0.4, -0.2) is 51.2 Å². The Morgan fingerprint density at radius 2 is 1.84 bits per heavy atom. The molecule has 0 bridgehead atoms. The van der Waals surface area contributed by atoms with E-state index in [0.717, 1.165) is 33.5 Å². The minimum Gasteiger partial charge on any atom is -0.497 e. The quantitative estimate of drug-likeness (QED) is 0.332. The Bertz CT molecular complexity index is 1540. The number of amides is 2.